The Labute approximate surface area is 149 Å². The van der Waals surface area contributed by atoms with Gasteiger partial charge in [-0.25, -0.2) is 4.39 Å². The number of carbonyl (C=O) groups is 1. The third kappa shape index (κ3) is 4.15. The molecule has 0 radical (unpaired) electrons. The minimum atomic E-state index is -0.181. The highest BCUT2D eigenvalue weighted by Crippen LogP contribution is 2.35. The third-order valence-electron chi connectivity index (χ3n) is 4.26. The fourth-order valence-corrected chi connectivity index (χ4v) is 3.51. The van der Waals surface area contributed by atoms with Crippen LogP contribution in [0.5, 0.6) is 0 Å². The second-order valence-electron chi connectivity index (χ2n) is 6.02. The van der Waals surface area contributed by atoms with E-state index >= 15 is 0 Å². The highest BCUT2D eigenvalue weighted by atomic mass is 79.9. The molecule has 126 valence electrons. The number of benzene rings is 2. The predicted octanol–water partition coefficient (Wildman–Crippen LogP) is 4.58. The van der Waals surface area contributed by atoms with Crippen LogP contribution in [0.4, 0.5) is 10.1 Å². The van der Waals surface area contributed by atoms with Crippen molar-refractivity contribution in [2.45, 2.75) is 31.7 Å². The molecular formula is C19H20BrFN2O. The summed E-state index contributed by atoms with van der Waals surface area (Å²) in [6.07, 6.45) is 3.66. The molecule has 1 fully saturated rings. The van der Waals surface area contributed by atoms with E-state index in [2.05, 4.69) is 38.7 Å². The van der Waals surface area contributed by atoms with Crippen molar-refractivity contribution >= 4 is 27.5 Å². The van der Waals surface area contributed by atoms with E-state index < -0.39 is 0 Å². The molecule has 4 rings (SSSR count). The van der Waals surface area contributed by atoms with Crippen LogP contribution in [-0.2, 0) is 11.2 Å². The molecule has 2 aliphatic heterocycles. The summed E-state index contributed by atoms with van der Waals surface area (Å²) in [6, 6.07) is 13.9. The van der Waals surface area contributed by atoms with Gasteiger partial charge in [-0.15, -0.1) is 0 Å². The zero-order chi connectivity index (χ0) is 16.9. The van der Waals surface area contributed by atoms with Crippen LogP contribution in [0.1, 0.15) is 36.4 Å². The molecule has 0 bridgehead atoms. The van der Waals surface area contributed by atoms with Gasteiger partial charge in [0, 0.05) is 17.4 Å². The number of amides is 1. The van der Waals surface area contributed by atoms with Gasteiger partial charge in [-0.2, -0.15) is 0 Å². The topological polar surface area (TPSA) is 41.1 Å². The van der Waals surface area contributed by atoms with Crippen molar-refractivity contribution in [2.24, 2.45) is 0 Å². The van der Waals surface area contributed by atoms with Crippen LogP contribution in [0.3, 0.4) is 0 Å². The first-order valence-electron chi connectivity index (χ1n) is 8.19. The number of anilines is 1. The van der Waals surface area contributed by atoms with Gasteiger partial charge in [-0.3, -0.25) is 4.79 Å². The molecule has 24 heavy (non-hydrogen) atoms. The van der Waals surface area contributed by atoms with E-state index in [4.69, 9.17) is 0 Å². The Bertz CT molecular complexity index is 713. The number of fused-ring (bicyclic) bond motifs is 1. The lowest BCUT2D eigenvalue weighted by atomic mass is 9.93. The largest absolute Gasteiger partial charge is 0.376 e. The van der Waals surface area contributed by atoms with E-state index in [9.17, 15) is 9.18 Å². The number of hydrogen-bond acceptors (Lipinski definition) is 2. The molecule has 0 aromatic heterocycles. The Morgan fingerprint density at radius 3 is 2.54 bits per heavy atom. The number of aryl methyl sites for hydroxylation is 1. The number of carbonyl (C=O) groups excluding carboxylic acids is 1. The summed E-state index contributed by atoms with van der Waals surface area (Å²) in [5.74, 6) is 0.0232. The Morgan fingerprint density at radius 2 is 1.92 bits per heavy atom. The molecule has 0 saturated carbocycles. The Morgan fingerprint density at radius 1 is 1.12 bits per heavy atom. The average molecular weight is 391 g/mol. The van der Waals surface area contributed by atoms with Crippen molar-refractivity contribution in [3.63, 3.8) is 0 Å². The summed E-state index contributed by atoms with van der Waals surface area (Å²) in [4.78, 5) is 10.1. The molecule has 1 amide bonds. The Kier molecular flexibility index (Phi) is 5.51. The maximum absolute atomic E-state index is 13.9. The van der Waals surface area contributed by atoms with Gasteiger partial charge < -0.3 is 10.6 Å². The molecule has 2 heterocycles. The molecular weight excluding hydrogens is 371 g/mol. The number of nitrogens with one attached hydrogen (secondary N) is 2. The van der Waals surface area contributed by atoms with Crippen LogP contribution in [0.2, 0.25) is 0 Å². The molecule has 0 unspecified atom stereocenters. The van der Waals surface area contributed by atoms with Crippen molar-refractivity contribution in [1.82, 2.24) is 5.32 Å². The summed E-state index contributed by atoms with van der Waals surface area (Å²) in [5.41, 5.74) is 2.91. The molecule has 2 aromatic rings. The van der Waals surface area contributed by atoms with Crippen LogP contribution in [0, 0.1) is 5.82 Å². The second-order valence-corrected chi connectivity index (χ2v) is 6.94. The van der Waals surface area contributed by atoms with Crippen molar-refractivity contribution in [1.29, 1.82) is 0 Å². The molecule has 5 heteroatoms. The normalized spacial score (nSPS) is 18.8. The second kappa shape index (κ2) is 7.79. The zero-order valence-electron chi connectivity index (χ0n) is 13.3. The summed E-state index contributed by atoms with van der Waals surface area (Å²) < 4.78 is 14.7. The maximum atomic E-state index is 13.9. The summed E-state index contributed by atoms with van der Waals surface area (Å²) in [6.45, 7) is 0.888. The molecule has 2 N–H and O–H groups in total. The van der Waals surface area contributed by atoms with Gasteiger partial charge in [-0.1, -0.05) is 46.3 Å². The Hall–Kier alpha value is -1.88. The van der Waals surface area contributed by atoms with Gasteiger partial charge in [0.05, 0.1) is 11.7 Å². The van der Waals surface area contributed by atoms with Gasteiger partial charge >= 0.3 is 0 Å². The van der Waals surface area contributed by atoms with Crippen LogP contribution >= 0.6 is 15.9 Å². The van der Waals surface area contributed by atoms with Crippen LogP contribution in [-0.4, -0.2) is 12.5 Å². The molecule has 1 atom stereocenters. The van der Waals surface area contributed by atoms with Gasteiger partial charge in [0.1, 0.15) is 5.82 Å². The molecule has 0 spiro atoms. The van der Waals surface area contributed by atoms with Crippen molar-refractivity contribution < 1.29 is 9.18 Å². The van der Waals surface area contributed by atoms with E-state index in [0.29, 0.717) is 5.69 Å². The van der Waals surface area contributed by atoms with E-state index in [1.165, 1.54) is 11.6 Å². The van der Waals surface area contributed by atoms with Crippen LogP contribution in [0.15, 0.2) is 46.9 Å². The highest BCUT2D eigenvalue weighted by molar-refractivity contribution is 9.10. The molecule has 0 aliphatic carbocycles. The van der Waals surface area contributed by atoms with Gasteiger partial charge in [0.15, 0.2) is 0 Å². The minimum Gasteiger partial charge on any atom is -0.376 e. The van der Waals surface area contributed by atoms with Gasteiger partial charge in [0.2, 0.25) is 5.91 Å². The predicted molar refractivity (Wildman–Crippen MR) is 97.5 cm³/mol. The first-order valence-corrected chi connectivity index (χ1v) is 8.99. The average Bonchev–Trinajstić information content (AvgIpc) is 3.07. The minimum absolute atomic E-state index is 0.181. The van der Waals surface area contributed by atoms with Crippen molar-refractivity contribution in [2.75, 3.05) is 11.9 Å². The summed E-state index contributed by atoms with van der Waals surface area (Å²) in [5, 5.41) is 5.99. The molecule has 2 aliphatic rings. The van der Waals surface area contributed by atoms with Crippen LogP contribution in [0.25, 0.3) is 0 Å². The Balaban J connectivity index is 0.000000238. The number of rotatable bonds is 1. The first kappa shape index (κ1) is 17.0. The van der Waals surface area contributed by atoms with Gasteiger partial charge in [0.25, 0.3) is 0 Å². The van der Waals surface area contributed by atoms with E-state index in [1.807, 2.05) is 24.3 Å². The third-order valence-corrected chi connectivity index (χ3v) is 4.72. The fraction of sp³-hybridized carbons (Fsp3) is 0.316. The maximum Gasteiger partial charge on any atom is 0.220 e. The van der Waals surface area contributed by atoms with E-state index in [0.717, 1.165) is 42.3 Å². The highest BCUT2D eigenvalue weighted by Gasteiger charge is 2.22. The first-order chi connectivity index (χ1) is 11.6. The standard InChI is InChI=1S/C15H13BrFN.C4H7NO/c16-12-8-11-6-7-14(10-4-2-1-3-5-10)18-15(11)13(17)9-12;6-4-2-1-3-5-4/h1-5,8-9,14,18H,6-7H2;1-3H2,(H,5,6)/t14-;/m1./s1. The lowest BCUT2D eigenvalue weighted by Crippen LogP contribution is -2.19. The van der Waals surface area contributed by atoms with Crippen molar-refractivity contribution in [3.8, 4) is 0 Å². The van der Waals surface area contributed by atoms with Gasteiger partial charge in [-0.05, 0) is 42.5 Å². The molecule has 3 nitrogen and oxygen atoms in total. The monoisotopic (exact) mass is 390 g/mol. The zero-order valence-corrected chi connectivity index (χ0v) is 14.9. The number of halogens is 2. The SMILES string of the molecule is Fc1cc(Br)cc2c1N[C@@H](c1ccccc1)CC2.O=C1CCCN1. The summed E-state index contributed by atoms with van der Waals surface area (Å²) >= 11 is 3.33. The van der Waals surface area contributed by atoms with E-state index in [-0.39, 0.29) is 17.8 Å². The quantitative estimate of drug-likeness (QED) is 0.747. The lowest BCUT2D eigenvalue weighted by Gasteiger charge is -2.28. The fourth-order valence-electron chi connectivity index (χ4n) is 3.03. The number of hydrogen-bond donors (Lipinski definition) is 2. The van der Waals surface area contributed by atoms with E-state index in [1.54, 1.807) is 0 Å². The molecule has 1 saturated heterocycles. The smallest absolute Gasteiger partial charge is 0.220 e. The van der Waals surface area contributed by atoms with Crippen molar-refractivity contribution in [3.05, 3.63) is 63.9 Å². The summed E-state index contributed by atoms with van der Waals surface area (Å²) in [7, 11) is 0. The lowest BCUT2D eigenvalue weighted by molar-refractivity contribution is -0.119. The van der Waals surface area contributed by atoms with Crippen LogP contribution < -0.4 is 10.6 Å². The molecule has 2 aromatic carbocycles.